The van der Waals surface area contributed by atoms with Crippen LogP contribution in [0.3, 0.4) is 0 Å². The lowest BCUT2D eigenvalue weighted by atomic mass is 10.2. The first-order valence-electron chi connectivity index (χ1n) is 9.67. The molecule has 1 N–H and O–H groups in total. The fraction of sp³-hybridized carbons (Fsp3) is 0.400. The molecule has 0 amide bonds. The lowest BCUT2D eigenvalue weighted by molar-refractivity contribution is 0.217. The van der Waals surface area contributed by atoms with Gasteiger partial charge in [0.25, 0.3) is 0 Å². The van der Waals surface area contributed by atoms with Crippen LogP contribution in [0.15, 0.2) is 28.9 Å². The van der Waals surface area contributed by atoms with Crippen molar-refractivity contribution in [1.82, 2.24) is 10.1 Å². The Morgan fingerprint density at radius 1 is 1.16 bits per heavy atom. The largest absolute Gasteiger partial charge is 0.487 e. The molecule has 1 aromatic carbocycles. The Morgan fingerprint density at radius 2 is 1.94 bits per heavy atom. The molecule has 0 saturated carbocycles. The number of hydrogen-bond acceptors (Lipinski definition) is 8. The van der Waals surface area contributed by atoms with Gasteiger partial charge in [0.15, 0.2) is 11.4 Å². The molecule has 0 radical (unpaired) electrons. The van der Waals surface area contributed by atoms with Gasteiger partial charge in [0.05, 0.1) is 30.5 Å². The second kappa shape index (κ2) is 10.6. The predicted molar refractivity (Wildman–Crippen MR) is 122 cm³/mol. The van der Waals surface area contributed by atoms with Crippen LogP contribution in [0.2, 0.25) is 10.0 Å². The Hall–Kier alpha value is -2.27. The van der Waals surface area contributed by atoms with Crippen molar-refractivity contribution in [3.05, 3.63) is 40.0 Å². The summed E-state index contributed by atoms with van der Waals surface area (Å²) < 4.78 is 47.9. The Morgan fingerprint density at radius 3 is 2.62 bits per heavy atom. The van der Waals surface area contributed by atoms with Crippen molar-refractivity contribution < 1.29 is 27.2 Å². The normalized spacial score (nSPS) is 11.8. The maximum atomic E-state index is 12.1. The van der Waals surface area contributed by atoms with E-state index in [9.17, 15) is 8.42 Å². The Labute approximate surface area is 196 Å². The van der Waals surface area contributed by atoms with Gasteiger partial charge in [0.2, 0.25) is 15.9 Å². The topological polar surface area (TPSA) is 113 Å². The Bertz CT molecular complexity index is 1180. The maximum Gasteiger partial charge on any atom is 0.236 e. The fourth-order valence-corrected chi connectivity index (χ4v) is 3.93. The summed E-state index contributed by atoms with van der Waals surface area (Å²) in [7, 11) is -2.22. The van der Waals surface area contributed by atoms with Crippen molar-refractivity contribution in [2.75, 3.05) is 30.8 Å². The molecule has 0 bridgehead atoms. The summed E-state index contributed by atoms with van der Waals surface area (Å²) in [5, 5.41) is 4.91. The van der Waals surface area contributed by atoms with Crippen LogP contribution in [-0.2, 0) is 21.4 Å². The Balaban J connectivity index is 1.71. The number of aromatic nitrogens is 2. The average Bonchev–Trinajstić information content (AvgIpc) is 3.10. The molecule has 0 atom stereocenters. The van der Waals surface area contributed by atoms with E-state index in [2.05, 4.69) is 14.9 Å². The minimum absolute atomic E-state index is 0.0526. The molecule has 0 spiro atoms. The van der Waals surface area contributed by atoms with E-state index < -0.39 is 10.0 Å². The minimum atomic E-state index is -3.64. The molecule has 3 rings (SSSR count). The predicted octanol–water partition coefficient (Wildman–Crippen LogP) is 4.53. The van der Waals surface area contributed by atoms with Gasteiger partial charge in [-0.15, -0.1) is 0 Å². The molecule has 0 saturated heterocycles. The molecule has 2 heterocycles. The summed E-state index contributed by atoms with van der Waals surface area (Å²) >= 11 is 12.6. The van der Waals surface area contributed by atoms with Crippen LogP contribution in [0, 0.1) is 5.92 Å². The first-order chi connectivity index (χ1) is 15.2. The number of fused-ring (bicyclic) bond motifs is 1. The van der Waals surface area contributed by atoms with Gasteiger partial charge in [-0.1, -0.05) is 42.2 Å². The third-order valence-electron chi connectivity index (χ3n) is 4.18. The van der Waals surface area contributed by atoms with Crippen molar-refractivity contribution in [1.29, 1.82) is 0 Å². The zero-order valence-corrected chi connectivity index (χ0v) is 20.1. The number of sulfonamides is 1. The van der Waals surface area contributed by atoms with Gasteiger partial charge in [-0.05, 0) is 18.1 Å². The number of benzene rings is 1. The molecular weight excluding hydrogens is 481 g/mol. The highest BCUT2D eigenvalue weighted by atomic mass is 35.5. The van der Waals surface area contributed by atoms with Gasteiger partial charge in [0.1, 0.15) is 17.4 Å². The first-order valence-corrected chi connectivity index (χ1v) is 12.1. The zero-order valence-electron chi connectivity index (χ0n) is 17.7. The number of ether oxygens (including phenoxy) is 3. The third kappa shape index (κ3) is 6.38. The van der Waals surface area contributed by atoms with E-state index in [0.29, 0.717) is 50.7 Å². The van der Waals surface area contributed by atoms with Crippen molar-refractivity contribution in [3.63, 3.8) is 0 Å². The van der Waals surface area contributed by atoms with E-state index in [4.69, 9.17) is 41.9 Å². The number of anilines is 1. The number of hydrogen-bond donors (Lipinski definition) is 1. The van der Waals surface area contributed by atoms with E-state index in [0.717, 1.165) is 0 Å². The van der Waals surface area contributed by atoms with Crippen molar-refractivity contribution in [2.24, 2.45) is 5.92 Å². The van der Waals surface area contributed by atoms with Gasteiger partial charge in [-0.2, -0.15) is 0 Å². The van der Waals surface area contributed by atoms with E-state index in [1.165, 1.54) is 13.3 Å². The van der Waals surface area contributed by atoms with Gasteiger partial charge in [0, 0.05) is 23.8 Å². The second-order valence-electron chi connectivity index (χ2n) is 7.34. The van der Waals surface area contributed by atoms with Crippen LogP contribution in [0.1, 0.15) is 19.4 Å². The summed E-state index contributed by atoms with van der Waals surface area (Å²) in [6, 6.07) is 4.80. The molecule has 3 aromatic rings. The van der Waals surface area contributed by atoms with Gasteiger partial charge >= 0.3 is 0 Å². The molecule has 0 aliphatic carbocycles. The molecule has 32 heavy (non-hydrogen) atoms. The molecule has 0 fully saturated rings. The van der Waals surface area contributed by atoms with Crippen LogP contribution in [0.4, 0.5) is 5.82 Å². The molecule has 0 unspecified atom stereocenters. The van der Waals surface area contributed by atoms with Crippen molar-refractivity contribution in [2.45, 2.75) is 20.5 Å². The lowest BCUT2D eigenvalue weighted by Gasteiger charge is -2.11. The molecule has 9 nitrogen and oxygen atoms in total. The highest BCUT2D eigenvalue weighted by Crippen LogP contribution is 2.31. The van der Waals surface area contributed by atoms with E-state index in [-0.39, 0.29) is 24.8 Å². The number of methoxy groups -OCH3 is 1. The fourth-order valence-electron chi connectivity index (χ4n) is 2.58. The second-order valence-corrected chi connectivity index (χ2v) is 9.99. The molecule has 2 aromatic heterocycles. The first kappa shape index (κ1) is 24.4. The minimum Gasteiger partial charge on any atom is -0.487 e. The summed E-state index contributed by atoms with van der Waals surface area (Å²) in [4.78, 5) is 4.18. The van der Waals surface area contributed by atoms with Crippen LogP contribution >= 0.6 is 23.2 Å². The summed E-state index contributed by atoms with van der Waals surface area (Å²) in [6.45, 7) is 4.72. The number of rotatable bonds is 11. The third-order valence-corrected chi connectivity index (χ3v) is 6.01. The summed E-state index contributed by atoms with van der Waals surface area (Å²) in [5.41, 5.74) is 0.964. The van der Waals surface area contributed by atoms with E-state index >= 15 is 0 Å². The van der Waals surface area contributed by atoms with Crippen LogP contribution in [0.25, 0.3) is 11.0 Å². The number of halogens is 2. The lowest BCUT2D eigenvalue weighted by Crippen LogP contribution is -2.19. The molecule has 174 valence electrons. The van der Waals surface area contributed by atoms with Crippen LogP contribution in [0.5, 0.6) is 11.6 Å². The SMILES string of the molecule is COCCS(=O)(=O)Nc1noc2cc(COc3cnc(OCC(C)C)c(Cl)c3)c(Cl)cc12. The van der Waals surface area contributed by atoms with Crippen LogP contribution in [-0.4, -0.2) is 44.6 Å². The number of nitrogens with one attached hydrogen (secondary N) is 1. The van der Waals surface area contributed by atoms with Crippen LogP contribution < -0.4 is 14.2 Å². The number of nitrogens with zero attached hydrogens (tertiary/aromatic N) is 2. The summed E-state index contributed by atoms with van der Waals surface area (Å²) in [6.07, 6.45) is 1.51. The molecule has 0 aliphatic heterocycles. The van der Waals surface area contributed by atoms with E-state index in [1.54, 1.807) is 18.2 Å². The molecule has 12 heteroatoms. The van der Waals surface area contributed by atoms with Gasteiger partial charge < -0.3 is 18.7 Å². The average molecular weight is 504 g/mol. The highest BCUT2D eigenvalue weighted by molar-refractivity contribution is 7.92. The molecular formula is C20H23Cl2N3O6S. The smallest absolute Gasteiger partial charge is 0.236 e. The zero-order chi connectivity index (χ0) is 23.3. The number of pyridine rings is 1. The standard InChI is InChI=1S/C20H23Cl2N3O6S/c1-12(2)10-30-20-17(22)7-14(9-23-20)29-11-13-6-18-15(8-16(13)21)19(24-31-18)25-32(26,27)5-4-28-3/h6-9,12H,4-5,10-11H2,1-3H3,(H,24,25). The molecule has 0 aliphatic rings. The van der Waals surface area contributed by atoms with Gasteiger partial charge in [-0.3, -0.25) is 4.72 Å². The summed E-state index contributed by atoms with van der Waals surface area (Å²) in [5.74, 6) is 0.966. The van der Waals surface area contributed by atoms with E-state index in [1.807, 2.05) is 13.8 Å². The highest BCUT2D eigenvalue weighted by Gasteiger charge is 2.18. The Kier molecular flexibility index (Phi) is 8.05. The monoisotopic (exact) mass is 503 g/mol. The van der Waals surface area contributed by atoms with Gasteiger partial charge in [-0.25, -0.2) is 13.4 Å². The quantitative estimate of drug-likeness (QED) is 0.405. The maximum absolute atomic E-state index is 12.1. The van der Waals surface area contributed by atoms with Crippen molar-refractivity contribution in [3.8, 4) is 11.6 Å². The van der Waals surface area contributed by atoms with Crippen molar-refractivity contribution >= 4 is 50.0 Å².